The average Bonchev–Trinajstić information content (AvgIpc) is 3.37. The van der Waals surface area contributed by atoms with Crippen molar-refractivity contribution in [2.75, 3.05) is 26.2 Å². The molecule has 0 N–H and O–H groups in total. The van der Waals surface area contributed by atoms with Gasteiger partial charge in [-0.15, -0.1) is 16.4 Å². The summed E-state index contributed by atoms with van der Waals surface area (Å²) >= 11 is 1.74. The van der Waals surface area contributed by atoms with Crippen LogP contribution in [0.25, 0.3) is 5.69 Å². The van der Waals surface area contributed by atoms with E-state index in [0.717, 1.165) is 50.5 Å². The van der Waals surface area contributed by atoms with E-state index in [4.69, 9.17) is 4.98 Å². The second-order valence-electron chi connectivity index (χ2n) is 8.62. The summed E-state index contributed by atoms with van der Waals surface area (Å²) in [7, 11) is 0. The first-order valence-corrected chi connectivity index (χ1v) is 11.1. The molecule has 0 radical (unpaired) electrons. The third-order valence-electron chi connectivity index (χ3n) is 5.18. The lowest BCUT2D eigenvalue weighted by Gasteiger charge is -2.22. The average molecular weight is 426 g/mol. The topological polar surface area (TPSA) is 80.0 Å². The number of aromatic nitrogens is 5. The zero-order chi connectivity index (χ0) is 21.1. The molecule has 1 amide bonds. The maximum absolute atomic E-state index is 13.0. The zero-order valence-electron chi connectivity index (χ0n) is 17.7. The number of benzene rings is 1. The first-order chi connectivity index (χ1) is 14.4. The first kappa shape index (κ1) is 20.6. The molecule has 158 valence electrons. The van der Waals surface area contributed by atoms with Crippen LogP contribution in [-0.2, 0) is 12.0 Å². The molecule has 0 aliphatic carbocycles. The maximum atomic E-state index is 13.0. The minimum absolute atomic E-state index is 0.0730. The van der Waals surface area contributed by atoms with E-state index in [-0.39, 0.29) is 11.3 Å². The number of carbonyl (C=O) groups is 1. The maximum Gasteiger partial charge on any atom is 0.253 e. The molecule has 3 aromatic rings. The number of carbonyl (C=O) groups excluding carboxylic acids is 1. The molecule has 1 aliphatic rings. The summed E-state index contributed by atoms with van der Waals surface area (Å²) in [6, 6.07) is 7.40. The molecule has 2 aromatic heterocycles. The van der Waals surface area contributed by atoms with Crippen LogP contribution in [0.15, 0.2) is 36.0 Å². The number of thiazole rings is 1. The lowest BCUT2D eigenvalue weighted by atomic mass is 9.98. The standard InChI is InChI=1S/C21H27N7OS/c1-21(2,3)20-23-17(14-30-20)13-26-9-4-10-27(12-11-26)19(29)16-5-7-18(8-6-16)28-15-22-24-25-28/h5-8,14-15H,4,9-13H2,1-3H3. The third kappa shape index (κ3) is 4.73. The molecule has 0 unspecified atom stereocenters. The minimum Gasteiger partial charge on any atom is -0.337 e. The molecule has 3 heterocycles. The molecule has 30 heavy (non-hydrogen) atoms. The van der Waals surface area contributed by atoms with Gasteiger partial charge in [0.15, 0.2) is 0 Å². The van der Waals surface area contributed by atoms with Gasteiger partial charge in [0.25, 0.3) is 5.91 Å². The van der Waals surface area contributed by atoms with Gasteiger partial charge in [-0.1, -0.05) is 20.8 Å². The predicted octanol–water partition coefficient (Wildman–Crippen LogP) is 2.76. The van der Waals surface area contributed by atoms with E-state index in [0.29, 0.717) is 5.56 Å². The van der Waals surface area contributed by atoms with E-state index in [1.54, 1.807) is 16.0 Å². The molecule has 0 spiro atoms. The van der Waals surface area contributed by atoms with Crippen molar-refractivity contribution >= 4 is 17.2 Å². The van der Waals surface area contributed by atoms with Crippen LogP contribution in [0.2, 0.25) is 0 Å². The van der Waals surface area contributed by atoms with Crippen LogP contribution in [0, 0.1) is 0 Å². The fraction of sp³-hybridized carbons (Fsp3) is 0.476. The molecule has 1 saturated heterocycles. The third-order valence-corrected chi connectivity index (χ3v) is 6.50. The van der Waals surface area contributed by atoms with Crippen molar-refractivity contribution in [3.8, 4) is 5.69 Å². The number of hydrogen-bond donors (Lipinski definition) is 0. The zero-order valence-corrected chi connectivity index (χ0v) is 18.5. The highest BCUT2D eigenvalue weighted by molar-refractivity contribution is 7.09. The molecule has 0 atom stereocenters. The van der Waals surface area contributed by atoms with E-state index in [2.05, 4.69) is 46.6 Å². The Labute approximate surface area is 180 Å². The van der Waals surface area contributed by atoms with E-state index >= 15 is 0 Å². The smallest absolute Gasteiger partial charge is 0.253 e. The highest BCUT2D eigenvalue weighted by Gasteiger charge is 2.22. The van der Waals surface area contributed by atoms with Crippen LogP contribution in [0.4, 0.5) is 0 Å². The molecule has 4 rings (SSSR count). The van der Waals surface area contributed by atoms with Crippen molar-refractivity contribution in [3.05, 3.63) is 52.2 Å². The predicted molar refractivity (Wildman–Crippen MR) is 116 cm³/mol. The number of tetrazole rings is 1. The Kier molecular flexibility index (Phi) is 5.92. The molecule has 8 nitrogen and oxygen atoms in total. The Morgan fingerprint density at radius 2 is 1.90 bits per heavy atom. The quantitative estimate of drug-likeness (QED) is 0.639. The van der Waals surface area contributed by atoms with Crippen LogP contribution in [0.1, 0.15) is 48.3 Å². The summed E-state index contributed by atoms with van der Waals surface area (Å²) in [6.07, 6.45) is 2.50. The highest BCUT2D eigenvalue weighted by Crippen LogP contribution is 2.26. The summed E-state index contributed by atoms with van der Waals surface area (Å²) in [6.45, 7) is 10.8. The number of nitrogens with zero attached hydrogens (tertiary/aromatic N) is 7. The van der Waals surface area contributed by atoms with Crippen molar-refractivity contribution in [1.82, 2.24) is 35.0 Å². The SMILES string of the molecule is CC(C)(C)c1nc(CN2CCCN(C(=O)c3ccc(-n4cnnn4)cc3)CC2)cs1. The number of amides is 1. The lowest BCUT2D eigenvalue weighted by Crippen LogP contribution is -2.35. The van der Waals surface area contributed by atoms with Crippen LogP contribution in [-0.4, -0.2) is 67.1 Å². The molecule has 9 heteroatoms. The summed E-state index contributed by atoms with van der Waals surface area (Å²) in [5.74, 6) is 0.0730. The van der Waals surface area contributed by atoms with Crippen molar-refractivity contribution in [2.24, 2.45) is 0 Å². The van der Waals surface area contributed by atoms with Gasteiger partial charge in [0.1, 0.15) is 6.33 Å². The van der Waals surface area contributed by atoms with Gasteiger partial charge < -0.3 is 4.90 Å². The second kappa shape index (κ2) is 8.61. The highest BCUT2D eigenvalue weighted by atomic mass is 32.1. The van der Waals surface area contributed by atoms with Gasteiger partial charge in [0, 0.05) is 49.1 Å². The Bertz CT molecular complexity index is 976. The van der Waals surface area contributed by atoms with Crippen LogP contribution in [0.3, 0.4) is 0 Å². The Balaban J connectivity index is 1.35. The van der Waals surface area contributed by atoms with E-state index in [1.165, 1.54) is 11.3 Å². The molecule has 1 fully saturated rings. The summed E-state index contributed by atoms with van der Waals surface area (Å²) in [5, 5.41) is 14.5. The fourth-order valence-electron chi connectivity index (χ4n) is 3.50. The summed E-state index contributed by atoms with van der Waals surface area (Å²) < 4.78 is 1.57. The Morgan fingerprint density at radius 3 is 2.57 bits per heavy atom. The molecule has 0 saturated carbocycles. The van der Waals surface area contributed by atoms with Crippen LogP contribution < -0.4 is 0 Å². The monoisotopic (exact) mass is 425 g/mol. The lowest BCUT2D eigenvalue weighted by molar-refractivity contribution is 0.0761. The minimum atomic E-state index is 0.0730. The number of hydrogen-bond acceptors (Lipinski definition) is 7. The van der Waals surface area contributed by atoms with E-state index in [1.807, 2.05) is 29.2 Å². The van der Waals surface area contributed by atoms with Crippen molar-refractivity contribution in [1.29, 1.82) is 0 Å². The molecular weight excluding hydrogens is 398 g/mol. The van der Waals surface area contributed by atoms with Gasteiger partial charge in [-0.3, -0.25) is 9.69 Å². The molecule has 1 aromatic carbocycles. The number of rotatable bonds is 4. The summed E-state index contributed by atoms with van der Waals surface area (Å²) in [4.78, 5) is 22.1. The fourth-order valence-corrected chi connectivity index (χ4v) is 4.40. The Hall–Kier alpha value is -2.65. The molecule has 1 aliphatic heterocycles. The van der Waals surface area contributed by atoms with E-state index in [9.17, 15) is 4.79 Å². The van der Waals surface area contributed by atoms with Gasteiger partial charge in [0.05, 0.1) is 16.4 Å². The van der Waals surface area contributed by atoms with Crippen molar-refractivity contribution in [3.63, 3.8) is 0 Å². The van der Waals surface area contributed by atoms with Crippen molar-refractivity contribution < 1.29 is 4.79 Å². The Morgan fingerprint density at radius 1 is 1.10 bits per heavy atom. The molecular formula is C21H27N7OS. The summed E-state index contributed by atoms with van der Waals surface area (Å²) in [5.41, 5.74) is 2.74. The first-order valence-electron chi connectivity index (χ1n) is 10.2. The van der Waals surface area contributed by atoms with Crippen molar-refractivity contribution in [2.45, 2.75) is 39.2 Å². The largest absolute Gasteiger partial charge is 0.337 e. The van der Waals surface area contributed by atoms with Gasteiger partial charge >= 0.3 is 0 Å². The van der Waals surface area contributed by atoms with Gasteiger partial charge in [-0.2, -0.15) is 0 Å². The second-order valence-corrected chi connectivity index (χ2v) is 9.48. The van der Waals surface area contributed by atoms with Gasteiger partial charge in [-0.05, 0) is 41.1 Å². The van der Waals surface area contributed by atoms with Gasteiger partial charge in [0.2, 0.25) is 0 Å². The van der Waals surface area contributed by atoms with Crippen LogP contribution >= 0.6 is 11.3 Å². The normalized spacial score (nSPS) is 15.9. The van der Waals surface area contributed by atoms with Crippen LogP contribution in [0.5, 0.6) is 0 Å². The van der Waals surface area contributed by atoms with E-state index < -0.39 is 0 Å². The molecule has 0 bridgehead atoms. The van der Waals surface area contributed by atoms with Gasteiger partial charge in [-0.25, -0.2) is 9.67 Å².